The van der Waals surface area contributed by atoms with Crippen LogP contribution in [0.15, 0.2) is 24.3 Å². The fraction of sp³-hybridized carbons (Fsp3) is 0.556. The van der Waals surface area contributed by atoms with Crippen molar-refractivity contribution in [2.75, 3.05) is 44.2 Å². The molecule has 2 heterocycles. The lowest BCUT2D eigenvalue weighted by Gasteiger charge is -2.36. The Labute approximate surface area is 148 Å². The minimum Gasteiger partial charge on any atom is -0.506 e. The van der Waals surface area contributed by atoms with Gasteiger partial charge in [0.05, 0.1) is 5.69 Å². The van der Waals surface area contributed by atoms with Gasteiger partial charge in [-0.05, 0) is 38.9 Å². The van der Waals surface area contributed by atoms with Gasteiger partial charge in [0.25, 0.3) is 5.91 Å². The summed E-state index contributed by atoms with van der Waals surface area (Å²) in [5.74, 6) is 0.166. The van der Waals surface area contributed by atoms with Crippen LogP contribution in [0.4, 0.5) is 10.5 Å². The summed E-state index contributed by atoms with van der Waals surface area (Å²) >= 11 is 0. The molecule has 2 fully saturated rings. The fourth-order valence-electron chi connectivity index (χ4n) is 3.42. The van der Waals surface area contributed by atoms with Gasteiger partial charge in [-0.25, -0.2) is 4.79 Å². The number of hydrogen-bond acceptors (Lipinski definition) is 5. The molecule has 0 unspecified atom stereocenters. The van der Waals surface area contributed by atoms with E-state index in [1.165, 1.54) is 4.90 Å². The number of amides is 3. The van der Waals surface area contributed by atoms with Gasteiger partial charge in [-0.3, -0.25) is 14.6 Å². The number of carbonyl (C=O) groups excluding carboxylic acids is 2. The largest absolute Gasteiger partial charge is 0.506 e. The number of hydrogen-bond donors (Lipinski definition) is 2. The van der Waals surface area contributed by atoms with E-state index in [0.29, 0.717) is 12.3 Å². The average Bonchev–Trinajstić information content (AvgIpc) is 2.77. The number of nitrogens with zero attached hydrogens (tertiary/aromatic N) is 3. The highest BCUT2D eigenvalue weighted by atomic mass is 16.3. The molecular weight excluding hydrogens is 320 g/mol. The monoisotopic (exact) mass is 346 g/mol. The lowest BCUT2D eigenvalue weighted by molar-refractivity contribution is -0.130. The maximum Gasteiger partial charge on any atom is 0.325 e. The molecule has 0 aliphatic carbocycles. The molecule has 0 aromatic heterocycles. The number of para-hydroxylation sites is 2. The van der Waals surface area contributed by atoms with E-state index in [9.17, 15) is 14.7 Å². The predicted octanol–water partition coefficient (Wildman–Crippen LogP) is 1.23. The van der Waals surface area contributed by atoms with Gasteiger partial charge in [0.2, 0.25) is 0 Å². The van der Waals surface area contributed by atoms with Crippen LogP contribution in [0, 0.1) is 0 Å². The minimum absolute atomic E-state index is 0.151. The first kappa shape index (κ1) is 17.5. The topological polar surface area (TPSA) is 76.1 Å². The van der Waals surface area contributed by atoms with Crippen LogP contribution in [0.5, 0.6) is 5.75 Å². The molecule has 2 aliphatic heterocycles. The third kappa shape index (κ3) is 3.71. The molecule has 7 heteroatoms. The van der Waals surface area contributed by atoms with Gasteiger partial charge in [0, 0.05) is 32.7 Å². The van der Waals surface area contributed by atoms with Gasteiger partial charge in [-0.2, -0.15) is 0 Å². The third-order valence-corrected chi connectivity index (χ3v) is 4.90. The lowest BCUT2D eigenvalue weighted by atomic mass is 10.1. The van der Waals surface area contributed by atoms with Gasteiger partial charge in [0.1, 0.15) is 11.3 Å². The summed E-state index contributed by atoms with van der Waals surface area (Å²) in [6.07, 6.45) is 0.770. The summed E-state index contributed by atoms with van der Waals surface area (Å²) in [6, 6.07) is 7.11. The van der Waals surface area contributed by atoms with Crippen LogP contribution in [0.2, 0.25) is 0 Å². The zero-order valence-corrected chi connectivity index (χ0v) is 14.9. The molecule has 25 heavy (non-hydrogen) atoms. The molecule has 3 rings (SSSR count). The fourth-order valence-corrected chi connectivity index (χ4v) is 3.42. The number of urea groups is 1. The van der Waals surface area contributed by atoms with E-state index in [-0.39, 0.29) is 11.9 Å². The molecule has 0 atom stereocenters. The molecule has 2 aliphatic rings. The third-order valence-electron chi connectivity index (χ3n) is 4.90. The van der Waals surface area contributed by atoms with Gasteiger partial charge < -0.3 is 15.3 Å². The Balaban J connectivity index is 1.44. The van der Waals surface area contributed by atoms with Crippen LogP contribution >= 0.6 is 0 Å². The summed E-state index contributed by atoms with van der Waals surface area (Å²) in [5, 5.41) is 12.7. The molecule has 136 valence electrons. The Kier molecular flexibility index (Phi) is 4.85. The van der Waals surface area contributed by atoms with E-state index in [4.69, 9.17) is 0 Å². The SMILES string of the molecule is CC1(C)NC(=O)N(CCCN2CCN(c3ccccc3O)CC2)C1=O. The molecule has 1 aromatic rings. The summed E-state index contributed by atoms with van der Waals surface area (Å²) < 4.78 is 0. The molecule has 0 radical (unpaired) electrons. The molecule has 2 saturated heterocycles. The number of piperazine rings is 1. The van der Waals surface area contributed by atoms with Crippen molar-refractivity contribution in [1.29, 1.82) is 0 Å². The molecule has 2 N–H and O–H groups in total. The van der Waals surface area contributed by atoms with Crippen LogP contribution in [-0.2, 0) is 4.79 Å². The number of anilines is 1. The molecule has 0 spiro atoms. The molecular formula is C18H26N4O3. The Morgan fingerprint density at radius 2 is 1.76 bits per heavy atom. The number of rotatable bonds is 5. The van der Waals surface area contributed by atoms with Crippen molar-refractivity contribution >= 4 is 17.6 Å². The number of nitrogens with one attached hydrogen (secondary N) is 1. The van der Waals surface area contributed by atoms with E-state index in [1.807, 2.05) is 18.2 Å². The number of imide groups is 1. The van der Waals surface area contributed by atoms with E-state index in [0.717, 1.165) is 44.8 Å². The Morgan fingerprint density at radius 3 is 2.36 bits per heavy atom. The number of aromatic hydroxyl groups is 1. The second-order valence-corrected chi connectivity index (χ2v) is 7.18. The van der Waals surface area contributed by atoms with Crippen LogP contribution < -0.4 is 10.2 Å². The number of phenols is 1. The molecule has 0 saturated carbocycles. The first-order valence-electron chi connectivity index (χ1n) is 8.78. The lowest BCUT2D eigenvalue weighted by Crippen LogP contribution is -2.47. The van der Waals surface area contributed by atoms with Crippen molar-refractivity contribution in [1.82, 2.24) is 15.1 Å². The van der Waals surface area contributed by atoms with Crippen molar-refractivity contribution < 1.29 is 14.7 Å². The van der Waals surface area contributed by atoms with Crippen LogP contribution in [0.3, 0.4) is 0 Å². The zero-order chi connectivity index (χ0) is 18.0. The quantitative estimate of drug-likeness (QED) is 0.785. The van der Waals surface area contributed by atoms with Crippen LogP contribution in [0.25, 0.3) is 0 Å². The van der Waals surface area contributed by atoms with Crippen molar-refractivity contribution in [3.8, 4) is 5.75 Å². The second kappa shape index (κ2) is 6.92. The van der Waals surface area contributed by atoms with Gasteiger partial charge in [-0.1, -0.05) is 12.1 Å². The predicted molar refractivity (Wildman–Crippen MR) is 95.7 cm³/mol. The molecule has 7 nitrogen and oxygen atoms in total. The van der Waals surface area contributed by atoms with Gasteiger partial charge >= 0.3 is 6.03 Å². The second-order valence-electron chi connectivity index (χ2n) is 7.18. The molecule has 1 aromatic carbocycles. The Hall–Kier alpha value is -2.28. The maximum absolute atomic E-state index is 12.2. The molecule has 0 bridgehead atoms. The van der Waals surface area contributed by atoms with Crippen molar-refractivity contribution in [3.63, 3.8) is 0 Å². The first-order chi connectivity index (χ1) is 11.9. The van der Waals surface area contributed by atoms with Gasteiger partial charge in [-0.15, -0.1) is 0 Å². The number of benzene rings is 1. The van der Waals surface area contributed by atoms with Gasteiger partial charge in [0.15, 0.2) is 0 Å². The van der Waals surface area contributed by atoms with E-state index < -0.39 is 5.54 Å². The minimum atomic E-state index is -0.791. The highest BCUT2D eigenvalue weighted by molar-refractivity contribution is 6.06. The summed E-state index contributed by atoms with van der Waals surface area (Å²) in [7, 11) is 0. The standard InChI is InChI=1S/C18H26N4O3/c1-18(2)16(24)22(17(25)19-18)9-5-8-20-10-12-21(13-11-20)14-6-3-4-7-15(14)23/h3-4,6-7,23H,5,8-13H2,1-2H3,(H,19,25). The smallest absolute Gasteiger partial charge is 0.325 e. The summed E-state index contributed by atoms with van der Waals surface area (Å²) in [4.78, 5) is 29.9. The summed E-state index contributed by atoms with van der Waals surface area (Å²) in [6.45, 7) is 8.28. The van der Waals surface area contributed by atoms with Crippen LogP contribution in [0.1, 0.15) is 20.3 Å². The first-order valence-corrected chi connectivity index (χ1v) is 8.78. The number of phenolic OH excluding ortho intramolecular Hbond substituents is 1. The highest BCUT2D eigenvalue weighted by Crippen LogP contribution is 2.27. The van der Waals surface area contributed by atoms with Crippen molar-refractivity contribution in [3.05, 3.63) is 24.3 Å². The van der Waals surface area contributed by atoms with Crippen LogP contribution in [-0.4, -0.2) is 71.7 Å². The number of carbonyl (C=O) groups is 2. The van der Waals surface area contributed by atoms with Crippen molar-refractivity contribution in [2.24, 2.45) is 0 Å². The van der Waals surface area contributed by atoms with E-state index >= 15 is 0 Å². The summed E-state index contributed by atoms with van der Waals surface area (Å²) in [5.41, 5.74) is 0.0872. The van der Waals surface area contributed by atoms with Crippen molar-refractivity contribution in [2.45, 2.75) is 25.8 Å². The van der Waals surface area contributed by atoms with E-state index in [2.05, 4.69) is 15.1 Å². The zero-order valence-electron chi connectivity index (χ0n) is 14.9. The average molecular weight is 346 g/mol. The van der Waals surface area contributed by atoms with E-state index in [1.54, 1.807) is 19.9 Å². The maximum atomic E-state index is 12.2. The normalized spacial score (nSPS) is 20.9. The highest BCUT2D eigenvalue weighted by Gasteiger charge is 2.43. The molecule has 3 amide bonds. The Morgan fingerprint density at radius 1 is 1.08 bits per heavy atom. The Bertz CT molecular complexity index is 653.